The molecule has 0 spiro atoms. The van der Waals surface area contributed by atoms with Crippen molar-refractivity contribution in [1.29, 1.82) is 0 Å². The van der Waals surface area contributed by atoms with Crippen molar-refractivity contribution in [1.82, 2.24) is 0 Å². The smallest absolute Gasteiger partial charge is 0.127 e. The summed E-state index contributed by atoms with van der Waals surface area (Å²) < 4.78 is 18.7. The summed E-state index contributed by atoms with van der Waals surface area (Å²) in [5, 5.41) is 0. The summed E-state index contributed by atoms with van der Waals surface area (Å²) >= 11 is 1.78. The van der Waals surface area contributed by atoms with Gasteiger partial charge in [-0.15, -0.1) is 0 Å². The van der Waals surface area contributed by atoms with Crippen molar-refractivity contribution in [3.8, 4) is 5.75 Å². The van der Waals surface area contributed by atoms with Crippen LogP contribution >= 0.6 is 11.8 Å². The maximum Gasteiger partial charge on any atom is 0.127 e. The lowest BCUT2D eigenvalue weighted by Gasteiger charge is -2.08. The van der Waals surface area contributed by atoms with E-state index in [1.54, 1.807) is 11.8 Å². The molecule has 0 aromatic heterocycles. The average molecular weight is 243 g/mol. The number of ether oxygens (including phenoxy) is 1. The Morgan fingerprint density at radius 2 is 2.19 bits per heavy atom. The second-order valence-corrected chi connectivity index (χ2v) is 4.51. The van der Waals surface area contributed by atoms with E-state index < -0.39 is 0 Å². The van der Waals surface area contributed by atoms with Gasteiger partial charge in [-0.05, 0) is 49.1 Å². The summed E-state index contributed by atoms with van der Waals surface area (Å²) in [7, 11) is 0. The molecule has 0 atom stereocenters. The van der Waals surface area contributed by atoms with Crippen LogP contribution < -0.4 is 10.5 Å². The summed E-state index contributed by atoms with van der Waals surface area (Å²) in [6, 6.07) is 4.77. The molecule has 1 aromatic carbocycles. The quantitative estimate of drug-likeness (QED) is 0.747. The van der Waals surface area contributed by atoms with Gasteiger partial charge in [0.15, 0.2) is 0 Å². The molecular weight excluding hydrogens is 225 g/mol. The third-order valence-corrected chi connectivity index (χ3v) is 2.82. The number of thioether (sulfide) groups is 1. The van der Waals surface area contributed by atoms with E-state index in [2.05, 4.69) is 6.26 Å². The first kappa shape index (κ1) is 13.3. The lowest BCUT2D eigenvalue weighted by molar-refractivity contribution is 0.316. The topological polar surface area (TPSA) is 35.2 Å². The Hall–Kier alpha value is -0.740. The van der Waals surface area contributed by atoms with Crippen molar-refractivity contribution >= 4 is 11.8 Å². The van der Waals surface area contributed by atoms with E-state index in [9.17, 15) is 4.39 Å². The first-order valence-corrected chi connectivity index (χ1v) is 6.77. The second kappa shape index (κ2) is 7.52. The Kier molecular flexibility index (Phi) is 6.26. The minimum Gasteiger partial charge on any atom is -0.493 e. The monoisotopic (exact) mass is 243 g/mol. The number of rotatable bonds is 7. The Morgan fingerprint density at radius 3 is 2.88 bits per heavy atom. The van der Waals surface area contributed by atoms with Crippen LogP contribution in [0.1, 0.15) is 12.0 Å². The Balaban J connectivity index is 2.51. The van der Waals surface area contributed by atoms with Crippen molar-refractivity contribution in [2.45, 2.75) is 12.8 Å². The minimum absolute atomic E-state index is 0.259. The first-order chi connectivity index (χ1) is 7.76. The van der Waals surface area contributed by atoms with E-state index >= 15 is 0 Å². The largest absolute Gasteiger partial charge is 0.493 e. The zero-order valence-electron chi connectivity index (χ0n) is 9.54. The van der Waals surface area contributed by atoms with Crippen LogP contribution in [0.2, 0.25) is 0 Å². The molecule has 0 radical (unpaired) electrons. The van der Waals surface area contributed by atoms with E-state index in [1.165, 1.54) is 12.1 Å². The molecule has 0 fully saturated rings. The molecule has 0 heterocycles. The highest BCUT2D eigenvalue weighted by atomic mass is 32.2. The molecule has 0 saturated heterocycles. The number of hydrogen-bond donors (Lipinski definition) is 1. The zero-order valence-corrected chi connectivity index (χ0v) is 10.4. The van der Waals surface area contributed by atoms with Crippen LogP contribution in [0.15, 0.2) is 18.2 Å². The van der Waals surface area contributed by atoms with Crippen LogP contribution in [0, 0.1) is 5.82 Å². The standard InChI is InChI=1S/C12H18FNOS/c1-16-6-2-5-15-12-8-10(3-4-14)7-11(13)9-12/h7-9H,2-6,14H2,1H3. The van der Waals surface area contributed by atoms with Gasteiger partial charge >= 0.3 is 0 Å². The van der Waals surface area contributed by atoms with Crippen molar-refractivity contribution in [2.24, 2.45) is 5.73 Å². The third-order valence-electron chi connectivity index (χ3n) is 2.13. The highest BCUT2D eigenvalue weighted by Crippen LogP contribution is 2.17. The van der Waals surface area contributed by atoms with Crippen molar-refractivity contribution < 1.29 is 9.13 Å². The Labute approximate surface area is 100 Å². The van der Waals surface area contributed by atoms with E-state index in [0.29, 0.717) is 25.3 Å². The van der Waals surface area contributed by atoms with Crippen LogP contribution in [-0.4, -0.2) is 25.2 Å². The molecular formula is C12H18FNOS. The van der Waals surface area contributed by atoms with Gasteiger partial charge in [-0.25, -0.2) is 4.39 Å². The molecule has 4 heteroatoms. The van der Waals surface area contributed by atoms with Gasteiger partial charge < -0.3 is 10.5 Å². The molecule has 16 heavy (non-hydrogen) atoms. The van der Waals surface area contributed by atoms with Gasteiger partial charge in [0, 0.05) is 6.07 Å². The Morgan fingerprint density at radius 1 is 1.38 bits per heavy atom. The molecule has 1 aromatic rings. The van der Waals surface area contributed by atoms with Crippen LogP contribution in [0.3, 0.4) is 0 Å². The summed E-state index contributed by atoms with van der Waals surface area (Å²) in [6.45, 7) is 1.15. The predicted molar refractivity (Wildman–Crippen MR) is 67.7 cm³/mol. The van der Waals surface area contributed by atoms with Crippen molar-refractivity contribution in [3.63, 3.8) is 0 Å². The molecule has 0 amide bonds. The lowest BCUT2D eigenvalue weighted by Crippen LogP contribution is -2.04. The lowest BCUT2D eigenvalue weighted by atomic mass is 10.1. The fraction of sp³-hybridized carbons (Fsp3) is 0.500. The van der Waals surface area contributed by atoms with Gasteiger partial charge in [0.1, 0.15) is 11.6 Å². The fourth-order valence-corrected chi connectivity index (χ4v) is 1.81. The van der Waals surface area contributed by atoms with E-state index in [4.69, 9.17) is 10.5 Å². The van der Waals surface area contributed by atoms with Gasteiger partial charge in [-0.3, -0.25) is 0 Å². The minimum atomic E-state index is -0.259. The summed E-state index contributed by atoms with van der Waals surface area (Å²) in [5.41, 5.74) is 6.33. The molecule has 0 aliphatic heterocycles. The Bertz CT molecular complexity index is 320. The normalized spacial score (nSPS) is 10.4. The zero-order chi connectivity index (χ0) is 11.8. The predicted octanol–water partition coefficient (Wildman–Crippen LogP) is 2.46. The maximum absolute atomic E-state index is 13.2. The van der Waals surface area contributed by atoms with Crippen LogP contribution in [0.5, 0.6) is 5.75 Å². The maximum atomic E-state index is 13.2. The van der Waals surface area contributed by atoms with Gasteiger partial charge in [-0.1, -0.05) is 0 Å². The van der Waals surface area contributed by atoms with E-state index in [0.717, 1.165) is 17.7 Å². The molecule has 2 nitrogen and oxygen atoms in total. The molecule has 1 rings (SSSR count). The summed E-state index contributed by atoms with van der Waals surface area (Å²) in [5.74, 6) is 1.40. The number of halogens is 1. The molecule has 0 unspecified atom stereocenters. The van der Waals surface area contributed by atoms with Crippen LogP contribution in [0.25, 0.3) is 0 Å². The van der Waals surface area contributed by atoms with Gasteiger partial charge in [-0.2, -0.15) is 11.8 Å². The van der Waals surface area contributed by atoms with E-state index in [-0.39, 0.29) is 5.82 Å². The first-order valence-electron chi connectivity index (χ1n) is 5.37. The molecule has 2 N–H and O–H groups in total. The second-order valence-electron chi connectivity index (χ2n) is 3.53. The SMILES string of the molecule is CSCCCOc1cc(F)cc(CCN)c1. The fourth-order valence-electron chi connectivity index (χ4n) is 1.41. The van der Waals surface area contributed by atoms with Crippen LogP contribution in [-0.2, 0) is 6.42 Å². The average Bonchev–Trinajstić information content (AvgIpc) is 2.24. The molecule has 0 bridgehead atoms. The highest BCUT2D eigenvalue weighted by Gasteiger charge is 2.01. The molecule has 0 aliphatic rings. The molecule has 0 aliphatic carbocycles. The third kappa shape index (κ3) is 4.86. The van der Waals surface area contributed by atoms with Gasteiger partial charge in [0.25, 0.3) is 0 Å². The van der Waals surface area contributed by atoms with Crippen molar-refractivity contribution in [2.75, 3.05) is 25.2 Å². The van der Waals surface area contributed by atoms with Crippen LogP contribution in [0.4, 0.5) is 4.39 Å². The highest BCUT2D eigenvalue weighted by molar-refractivity contribution is 7.98. The number of hydrogen-bond acceptors (Lipinski definition) is 3. The van der Waals surface area contributed by atoms with Crippen molar-refractivity contribution in [3.05, 3.63) is 29.6 Å². The number of benzene rings is 1. The number of nitrogens with two attached hydrogens (primary N) is 1. The molecule has 0 saturated carbocycles. The summed E-state index contributed by atoms with van der Waals surface area (Å²) in [6.07, 6.45) is 3.71. The summed E-state index contributed by atoms with van der Waals surface area (Å²) in [4.78, 5) is 0. The van der Waals surface area contributed by atoms with Gasteiger partial charge in [0.05, 0.1) is 6.61 Å². The van der Waals surface area contributed by atoms with E-state index in [1.807, 2.05) is 6.07 Å². The van der Waals surface area contributed by atoms with Gasteiger partial charge in [0.2, 0.25) is 0 Å². The molecule has 90 valence electrons.